The Morgan fingerprint density at radius 1 is 0.547 bits per heavy atom. The molecule has 4 atom stereocenters. The minimum Gasteiger partial charge on any atom is -0.506 e. The number of amides is 7. The number of nitrogens with one attached hydrogen (secondary N) is 1. The third-order valence-electron chi connectivity index (χ3n) is 12.4. The van der Waals surface area contributed by atoms with Gasteiger partial charge in [0.1, 0.15) is 17.0 Å². The number of nitrogens with two attached hydrogens (primary N) is 1. The maximum absolute atomic E-state index is 12.9. The average Bonchev–Trinajstić information content (AvgIpc) is 3.43. The largest absolute Gasteiger partial charge is 0.506 e. The van der Waals surface area contributed by atoms with Crippen LogP contribution in [0.3, 0.4) is 0 Å². The van der Waals surface area contributed by atoms with E-state index in [1.54, 1.807) is 30.3 Å². The van der Waals surface area contributed by atoms with E-state index < -0.39 is 52.7 Å². The summed E-state index contributed by atoms with van der Waals surface area (Å²) in [4.78, 5) is 132. The first-order valence-electron chi connectivity index (χ1n) is 28.0. The molecule has 0 aliphatic carbocycles. The summed E-state index contributed by atoms with van der Waals surface area (Å²) in [5.41, 5.74) is 7.22. The number of nitrogen functional groups attached to an aromatic ring is 1. The number of anilines is 2. The number of carbonyl (C=O) groups is 11. The van der Waals surface area contributed by atoms with E-state index in [1.807, 2.05) is 68.4 Å². The molecule has 7 amide bonds. The van der Waals surface area contributed by atoms with Crippen molar-refractivity contribution in [3.05, 3.63) is 84.0 Å². The Bertz CT molecular complexity index is 2740. The minimum absolute atomic E-state index is 0. The first kappa shape index (κ1) is 74.0. The number of hydrogen-bond acceptors (Lipinski definition) is 19. The van der Waals surface area contributed by atoms with Crippen molar-refractivity contribution in [1.82, 2.24) is 14.7 Å². The minimum atomic E-state index is -0.940. The molecule has 0 aromatic heterocycles. The van der Waals surface area contributed by atoms with Crippen molar-refractivity contribution in [3.63, 3.8) is 0 Å². The highest BCUT2D eigenvalue weighted by Gasteiger charge is 2.28. The van der Waals surface area contributed by atoms with E-state index in [0.717, 1.165) is 38.7 Å². The van der Waals surface area contributed by atoms with E-state index >= 15 is 0 Å². The topological polar surface area (TPSA) is 331 Å². The number of phenolic OH excluding ortho intramolecular Hbond substituents is 1. The van der Waals surface area contributed by atoms with Crippen LogP contribution in [-0.4, -0.2) is 161 Å². The van der Waals surface area contributed by atoms with Gasteiger partial charge in [-0.05, 0) is 114 Å². The Labute approximate surface area is 503 Å². The summed E-state index contributed by atoms with van der Waals surface area (Å²) in [6, 6.07) is 10.3. The molecule has 3 aliphatic heterocycles. The summed E-state index contributed by atoms with van der Waals surface area (Å²) in [6.07, 6.45) is 9.58. The lowest BCUT2D eigenvalue weighted by Crippen LogP contribution is -2.33. The van der Waals surface area contributed by atoms with Crippen LogP contribution in [0.4, 0.5) is 11.4 Å². The van der Waals surface area contributed by atoms with Crippen LogP contribution in [0.1, 0.15) is 120 Å². The molecule has 86 heavy (non-hydrogen) atoms. The van der Waals surface area contributed by atoms with Crippen LogP contribution < -0.4 is 15.8 Å². The van der Waals surface area contributed by atoms with Crippen molar-refractivity contribution in [1.29, 1.82) is 0 Å². The molecule has 3 aliphatic rings. The van der Waals surface area contributed by atoms with Gasteiger partial charge in [0.05, 0.1) is 102 Å². The third-order valence-corrected chi connectivity index (χ3v) is 12.4. The van der Waals surface area contributed by atoms with Crippen molar-refractivity contribution < 1.29 is 91.4 Å². The van der Waals surface area contributed by atoms with Crippen molar-refractivity contribution in [3.8, 4) is 11.5 Å². The van der Waals surface area contributed by atoms with Crippen LogP contribution in [0.25, 0.3) is 0 Å². The smallest absolute Gasteiger partial charge is 0.313 e. The fourth-order valence-electron chi connectivity index (χ4n) is 8.39. The molecule has 0 fully saturated rings. The Hall–Kier alpha value is -8.09. The monoisotopic (exact) mass is 1210 g/mol. The predicted octanol–water partition coefficient (Wildman–Crippen LogP) is 6.30. The lowest BCUT2D eigenvalue weighted by Gasteiger charge is -2.23. The lowest BCUT2D eigenvalue weighted by atomic mass is 9.91. The van der Waals surface area contributed by atoms with Gasteiger partial charge in [-0.15, -0.1) is 0 Å². The molecule has 2 unspecified atom stereocenters. The maximum Gasteiger partial charge on any atom is 0.313 e. The van der Waals surface area contributed by atoms with Crippen LogP contribution in [0, 0.1) is 23.7 Å². The van der Waals surface area contributed by atoms with Crippen LogP contribution in [0.5, 0.6) is 11.5 Å². The number of carbonyl (C=O) groups excluding carboxylic acids is 10. The maximum atomic E-state index is 12.9. The highest BCUT2D eigenvalue weighted by Crippen LogP contribution is 2.30. The molecule has 24 heteroatoms. The number of aliphatic carboxylic acids is 1. The molecule has 5 N–H and O–H groups in total. The van der Waals surface area contributed by atoms with Gasteiger partial charge >= 0.3 is 23.9 Å². The van der Waals surface area contributed by atoms with E-state index in [1.165, 1.54) is 36.5 Å². The lowest BCUT2D eigenvalue weighted by molar-refractivity contribution is -0.161. The molecule has 0 radical (unpaired) electrons. The number of hydrogen-bond donors (Lipinski definition) is 4. The van der Waals surface area contributed by atoms with E-state index in [9.17, 15) is 57.8 Å². The Balaban J connectivity index is 0.000000555. The van der Waals surface area contributed by atoms with Crippen molar-refractivity contribution >= 4 is 76.6 Å². The molecular weight excluding hydrogens is 1120 g/mol. The van der Waals surface area contributed by atoms with Crippen LogP contribution in [-0.2, 0) is 89.3 Å². The predicted molar refractivity (Wildman–Crippen MR) is 316 cm³/mol. The van der Waals surface area contributed by atoms with Gasteiger partial charge in [0, 0.05) is 36.5 Å². The quantitative estimate of drug-likeness (QED) is 0.0166. The fraction of sp³-hybridized carbons (Fsp3) is 0.532. The van der Waals surface area contributed by atoms with Gasteiger partial charge in [-0.25, -0.2) is 0 Å². The van der Waals surface area contributed by atoms with Gasteiger partial charge in [-0.2, -0.15) is 0 Å². The summed E-state index contributed by atoms with van der Waals surface area (Å²) in [5.74, 6) is -4.61. The van der Waals surface area contributed by atoms with Crippen molar-refractivity contribution in [2.45, 2.75) is 133 Å². The number of ether oxygens (including phenoxy) is 6. The molecular formula is C62H87N5O19. The van der Waals surface area contributed by atoms with Crippen LogP contribution in [0.15, 0.2) is 72.9 Å². The molecule has 3 heterocycles. The number of carboxylic acid groups (broad SMARTS) is 1. The second-order valence-corrected chi connectivity index (χ2v) is 22.7. The number of phenols is 1. The van der Waals surface area contributed by atoms with Gasteiger partial charge in [0.2, 0.25) is 5.91 Å². The fourth-order valence-corrected chi connectivity index (χ4v) is 8.39. The molecule has 2 aromatic carbocycles. The molecule has 2 aromatic rings. The Morgan fingerprint density at radius 3 is 1.30 bits per heavy atom. The van der Waals surface area contributed by atoms with E-state index in [0.29, 0.717) is 24.4 Å². The molecule has 474 valence electrons. The highest BCUT2D eigenvalue weighted by molar-refractivity contribution is 6.14. The zero-order chi connectivity index (χ0) is 63.6. The highest BCUT2D eigenvalue weighted by atomic mass is 16.6. The number of benzene rings is 2. The standard InChI is InChI=1S/C35H45N3O11.C17H27NO3.C9H11NO5.CH4/c1-23(20-24(2)34(45)49-35(3,4)5)21-25-6-7-27(48-33(44)13-17-47-19-15-38-31(42)10-11-32(38)43)26(22-25)36-28(39)12-16-46-18-14-37-29(40)8-9-30(37)41;1-11(8-12(2)16(20)21-17(3,4)5)9-13-6-7-15(19)14(18)10-13;11-7-1-2-8(12)10(7)4-6-15-5-3-9(13)14;/h6-11,22-24H,12-21H2,1-5H3,(H,36,39);6-7,10-12,19H,8-9,18H2,1-5H3;1-2H,3-6H2,(H,13,14);1H4/t23-,24?;11-,12?;;/m11../s1. The van der Waals surface area contributed by atoms with Crippen LogP contribution in [0.2, 0.25) is 0 Å². The molecule has 0 saturated heterocycles. The van der Waals surface area contributed by atoms with Gasteiger partial charge in [0.25, 0.3) is 35.4 Å². The Kier molecular flexibility index (Phi) is 31.0. The number of esters is 3. The number of nitrogens with zero attached hydrogens (tertiary/aromatic N) is 3. The van der Waals surface area contributed by atoms with Gasteiger partial charge in [0.15, 0.2) is 5.75 Å². The molecule has 0 saturated carbocycles. The summed E-state index contributed by atoms with van der Waals surface area (Å²) in [7, 11) is 0. The SMILES string of the molecule is C.CC(C[C@@H](C)Cc1ccc(O)c(N)c1)C(=O)OC(C)(C)C.CC(C[C@@H](C)Cc1ccc(OC(=O)CCOCCN2C(=O)C=CC2=O)c(NC(=O)CCOCCN2C(=O)C=CC2=O)c1)C(=O)OC(C)(C)C.O=C(O)CCOCCN1C(=O)C=CC1=O. The van der Waals surface area contributed by atoms with Gasteiger partial charge in [-0.1, -0.05) is 47.3 Å². The molecule has 0 spiro atoms. The summed E-state index contributed by atoms with van der Waals surface area (Å²) in [6.45, 7) is 19.6. The normalized spacial score (nSPS) is 15.1. The number of carboxylic acids is 1. The number of aromatic hydroxyl groups is 1. The molecule has 24 nitrogen and oxygen atoms in total. The summed E-state index contributed by atoms with van der Waals surface area (Å²) < 4.78 is 32.3. The van der Waals surface area contributed by atoms with E-state index in [2.05, 4.69) is 12.2 Å². The number of imide groups is 3. The first-order chi connectivity index (χ1) is 39.8. The van der Waals surface area contributed by atoms with Crippen molar-refractivity contribution in [2.24, 2.45) is 23.7 Å². The zero-order valence-electron chi connectivity index (χ0n) is 50.3. The van der Waals surface area contributed by atoms with Gasteiger partial charge < -0.3 is 49.7 Å². The second-order valence-electron chi connectivity index (χ2n) is 22.7. The third kappa shape index (κ3) is 28.2. The molecule has 5 rings (SSSR count). The first-order valence-corrected chi connectivity index (χ1v) is 28.0. The van der Waals surface area contributed by atoms with E-state index in [-0.39, 0.29) is 145 Å². The number of rotatable bonds is 30. The Morgan fingerprint density at radius 2 is 0.919 bits per heavy atom. The molecule has 0 bridgehead atoms. The zero-order valence-corrected chi connectivity index (χ0v) is 50.3. The van der Waals surface area contributed by atoms with Crippen molar-refractivity contribution in [2.75, 3.05) is 70.3 Å². The summed E-state index contributed by atoms with van der Waals surface area (Å²) in [5, 5.41) is 20.5. The van der Waals surface area contributed by atoms with Crippen LogP contribution >= 0.6 is 0 Å². The second kappa shape index (κ2) is 36.0. The van der Waals surface area contributed by atoms with Gasteiger partial charge in [-0.3, -0.25) is 67.4 Å². The van der Waals surface area contributed by atoms with E-state index in [4.69, 9.17) is 39.3 Å². The average molecular weight is 1210 g/mol. The summed E-state index contributed by atoms with van der Waals surface area (Å²) >= 11 is 0.